The maximum atomic E-state index is 14.0. The number of amides is 3. The molecular weight excluding hydrogens is 361 g/mol. The Kier molecular flexibility index (Phi) is 4.33. The number of aryl methyl sites for hydroxylation is 2. The number of Topliss-reactive ketones (excluding diaryl/α,β-unsaturated/α-hetero) is 1. The first-order valence-electron chi connectivity index (χ1n) is 9.37. The molecule has 146 valence electrons. The first-order valence-corrected chi connectivity index (χ1v) is 9.37. The van der Waals surface area contributed by atoms with Crippen molar-refractivity contribution in [1.82, 2.24) is 14.4 Å². The predicted octanol–water partition coefficient (Wildman–Crippen LogP) is 3.15. The fourth-order valence-corrected chi connectivity index (χ4v) is 3.78. The molecule has 1 aliphatic heterocycles. The third-order valence-corrected chi connectivity index (χ3v) is 5.52. The van der Waals surface area contributed by atoms with Crippen LogP contribution in [0.15, 0.2) is 24.3 Å². The van der Waals surface area contributed by atoms with Crippen LogP contribution >= 0.6 is 0 Å². The van der Waals surface area contributed by atoms with E-state index in [9.17, 15) is 18.8 Å². The molecule has 1 saturated carbocycles. The monoisotopic (exact) mass is 383 g/mol. The van der Waals surface area contributed by atoms with E-state index < -0.39 is 0 Å². The average Bonchev–Trinajstić information content (AvgIpc) is 3.39. The Hall–Kier alpha value is -2.96. The van der Waals surface area contributed by atoms with Crippen molar-refractivity contribution in [1.29, 1.82) is 0 Å². The third-order valence-electron chi connectivity index (χ3n) is 5.52. The zero-order chi connectivity index (χ0) is 20.2. The quantitative estimate of drug-likeness (QED) is 0.589. The van der Waals surface area contributed by atoms with Crippen LogP contribution in [0.5, 0.6) is 0 Å². The molecular formula is C21H22FN3O3. The minimum absolute atomic E-state index is 0.0540. The zero-order valence-electron chi connectivity index (χ0n) is 16.2. The number of imide groups is 1. The van der Waals surface area contributed by atoms with Gasteiger partial charge in [-0.25, -0.2) is 9.18 Å². The number of halogens is 1. The lowest BCUT2D eigenvalue weighted by Gasteiger charge is -2.16. The standard InChI is InChI=1S/C21H22FN3O3/c1-12-4-5-16(9-18(12)22)25-13(2)8-17(14(25)3)19(26)10-24-20(27)11-23(21(24)28)15-6-7-15/h4-5,8-9,15H,6-7,10-11H2,1-3H3. The number of urea groups is 1. The van der Waals surface area contributed by atoms with Crippen molar-refractivity contribution in [2.24, 2.45) is 0 Å². The number of benzene rings is 1. The molecule has 2 aromatic rings. The van der Waals surface area contributed by atoms with Gasteiger partial charge in [0.1, 0.15) is 12.4 Å². The largest absolute Gasteiger partial charge is 0.327 e. The molecule has 2 fully saturated rings. The van der Waals surface area contributed by atoms with Gasteiger partial charge in [0.25, 0.3) is 5.91 Å². The van der Waals surface area contributed by atoms with E-state index in [-0.39, 0.29) is 42.7 Å². The fraction of sp³-hybridized carbons (Fsp3) is 0.381. The molecule has 1 saturated heterocycles. The van der Waals surface area contributed by atoms with Crippen LogP contribution in [-0.4, -0.2) is 51.2 Å². The SMILES string of the molecule is Cc1ccc(-n2c(C)cc(C(=O)CN3C(=O)CN(C4CC4)C3=O)c2C)cc1F. The van der Waals surface area contributed by atoms with Crippen molar-refractivity contribution in [3.63, 3.8) is 0 Å². The summed E-state index contributed by atoms with van der Waals surface area (Å²) in [5.74, 6) is -0.947. The molecule has 0 bridgehead atoms. The van der Waals surface area contributed by atoms with Crippen LogP contribution in [0, 0.1) is 26.6 Å². The van der Waals surface area contributed by atoms with E-state index >= 15 is 0 Å². The van der Waals surface area contributed by atoms with Gasteiger partial charge in [0, 0.05) is 28.7 Å². The molecule has 0 N–H and O–H groups in total. The van der Waals surface area contributed by atoms with Crippen LogP contribution in [0.3, 0.4) is 0 Å². The Balaban J connectivity index is 1.59. The molecule has 0 atom stereocenters. The molecule has 7 heteroatoms. The van der Waals surface area contributed by atoms with Crippen molar-refractivity contribution in [3.05, 3.63) is 52.6 Å². The Bertz CT molecular complexity index is 1010. The lowest BCUT2D eigenvalue weighted by Crippen LogP contribution is -2.37. The molecule has 0 radical (unpaired) electrons. The van der Waals surface area contributed by atoms with Gasteiger partial charge in [0.05, 0.1) is 6.54 Å². The minimum atomic E-state index is -0.379. The van der Waals surface area contributed by atoms with Crippen LogP contribution in [0.1, 0.15) is 40.2 Å². The van der Waals surface area contributed by atoms with Crippen molar-refractivity contribution >= 4 is 17.7 Å². The fourth-order valence-electron chi connectivity index (χ4n) is 3.78. The smallest absolute Gasteiger partial charge is 0.318 e. The number of rotatable bonds is 5. The molecule has 2 heterocycles. The van der Waals surface area contributed by atoms with E-state index in [1.54, 1.807) is 41.5 Å². The second-order valence-electron chi connectivity index (χ2n) is 7.60. The summed E-state index contributed by atoms with van der Waals surface area (Å²) in [6, 6.07) is 6.41. The predicted molar refractivity (Wildman–Crippen MR) is 101 cm³/mol. The van der Waals surface area contributed by atoms with Gasteiger partial charge in [0.15, 0.2) is 5.78 Å². The molecule has 0 spiro atoms. The van der Waals surface area contributed by atoms with Gasteiger partial charge in [-0.15, -0.1) is 0 Å². The Morgan fingerprint density at radius 2 is 1.86 bits per heavy atom. The van der Waals surface area contributed by atoms with E-state index in [1.807, 2.05) is 6.92 Å². The minimum Gasteiger partial charge on any atom is -0.318 e. The second kappa shape index (κ2) is 6.58. The van der Waals surface area contributed by atoms with Crippen LogP contribution in [0.4, 0.5) is 9.18 Å². The van der Waals surface area contributed by atoms with E-state index in [4.69, 9.17) is 0 Å². The molecule has 1 aromatic carbocycles. The summed E-state index contributed by atoms with van der Waals surface area (Å²) in [6.45, 7) is 5.09. The number of nitrogens with zero attached hydrogens (tertiary/aromatic N) is 3. The van der Waals surface area contributed by atoms with Crippen molar-refractivity contribution in [3.8, 4) is 5.69 Å². The normalized spacial score (nSPS) is 17.0. The number of ketones is 1. The van der Waals surface area contributed by atoms with Gasteiger partial charge >= 0.3 is 6.03 Å². The molecule has 6 nitrogen and oxygen atoms in total. The van der Waals surface area contributed by atoms with Crippen LogP contribution in [0.25, 0.3) is 5.69 Å². The first kappa shape index (κ1) is 18.4. The molecule has 2 aliphatic rings. The number of aromatic nitrogens is 1. The van der Waals surface area contributed by atoms with E-state index in [0.29, 0.717) is 22.5 Å². The second-order valence-corrected chi connectivity index (χ2v) is 7.60. The topological polar surface area (TPSA) is 62.6 Å². The summed E-state index contributed by atoms with van der Waals surface area (Å²) in [7, 11) is 0. The highest BCUT2D eigenvalue weighted by Crippen LogP contribution is 2.30. The maximum Gasteiger partial charge on any atom is 0.327 e. The summed E-state index contributed by atoms with van der Waals surface area (Å²) in [6.07, 6.45) is 1.82. The molecule has 0 unspecified atom stereocenters. The molecule has 1 aromatic heterocycles. The van der Waals surface area contributed by atoms with Crippen molar-refractivity contribution in [2.45, 2.75) is 39.7 Å². The number of hydrogen-bond donors (Lipinski definition) is 0. The Morgan fingerprint density at radius 1 is 1.14 bits per heavy atom. The van der Waals surface area contributed by atoms with Gasteiger partial charge in [-0.05, 0) is 57.4 Å². The van der Waals surface area contributed by atoms with E-state index in [0.717, 1.165) is 23.4 Å². The molecule has 28 heavy (non-hydrogen) atoms. The Morgan fingerprint density at radius 3 is 2.50 bits per heavy atom. The zero-order valence-corrected chi connectivity index (χ0v) is 16.2. The number of carbonyl (C=O) groups is 3. The van der Waals surface area contributed by atoms with Gasteiger partial charge in [-0.3, -0.25) is 14.5 Å². The molecule has 1 aliphatic carbocycles. The van der Waals surface area contributed by atoms with Gasteiger partial charge in [-0.2, -0.15) is 0 Å². The highest BCUT2D eigenvalue weighted by Gasteiger charge is 2.44. The van der Waals surface area contributed by atoms with Crippen molar-refractivity contribution in [2.75, 3.05) is 13.1 Å². The summed E-state index contributed by atoms with van der Waals surface area (Å²) in [4.78, 5) is 40.1. The number of hydrogen-bond acceptors (Lipinski definition) is 3. The lowest BCUT2D eigenvalue weighted by molar-refractivity contribution is -0.125. The highest BCUT2D eigenvalue weighted by molar-refractivity contribution is 6.08. The first-order chi connectivity index (χ1) is 13.3. The average molecular weight is 383 g/mol. The number of carbonyl (C=O) groups excluding carboxylic acids is 3. The molecule has 4 rings (SSSR count). The summed E-state index contributed by atoms with van der Waals surface area (Å²) in [5, 5.41) is 0. The third kappa shape index (κ3) is 3.00. The maximum absolute atomic E-state index is 14.0. The van der Waals surface area contributed by atoms with E-state index in [1.165, 1.54) is 6.07 Å². The van der Waals surface area contributed by atoms with Gasteiger partial charge in [-0.1, -0.05) is 6.07 Å². The Labute approximate surface area is 162 Å². The molecule has 3 amide bonds. The summed E-state index contributed by atoms with van der Waals surface area (Å²) < 4.78 is 15.8. The van der Waals surface area contributed by atoms with Gasteiger partial charge in [0.2, 0.25) is 0 Å². The summed E-state index contributed by atoms with van der Waals surface area (Å²) in [5.41, 5.74) is 3.05. The summed E-state index contributed by atoms with van der Waals surface area (Å²) >= 11 is 0. The van der Waals surface area contributed by atoms with Crippen LogP contribution < -0.4 is 0 Å². The van der Waals surface area contributed by atoms with Crippen LogP contribution in [0.2, 0.25) is 0 Å². The van der Waals surface area contributed by atoms with Crippen molar-refractivity contribution < 1.29 is 18.8 Å². The lowest BCUT2D eigenvalue weighted by atomic mass is 10.1. The van der Waals surface area contributed by atoms with Crippen LogP contribution in [-0.2, 0) is 4.79 Å². The van der Waals surface area contributed by atoms with E-state index in [2.05, 4.69) is 0 Å². The van der Waals surface area contributed by atoms with Gasteiger partial charge < -0.3 is 9.47 Å². The highest BCUT2D eigenvalue weighted by atomic mass is 19.1.